The molecule has 0 fully saturated rings. The number of amides is 1. The second-order valence-electron chi connectivity index (χ2n) is 6.03. The van der Waals surface area contributed by atoms with Crippen molar-refractivity contribution >= 4 is 5.91 Å². The molecule has 126 valence electrons. The van der Waals surface area contributed by atoms with Crippen LogP contribution >= 0.6 is 0 Å². The molecule has 4 rings (SSSR count). The molecule has 3 heterocycles. The SMILES string of the molecule is CN(Cc1cc(-c2ccncc2)no1)C(=O)[C@@H]1Cc2ccccc2O1. The maximum Gasteiger partial charge on any atom is 0.264 e. The summed E-state index contributed by atoms with van der Waals surface area (Å²) in [6, 6.07) is 13.3. The van der Waals surface area contributed by atoms with Crippen LogP contribution in [0.15, 0.2) is 59.4 Å². The van der Waals surface area contributed by atoms with E-state index in [1.165, 1.54) is 0 Å². The van der Waals surface area contributed by atoms with E-state index in [-0.39, 0.29) is 5.91 Å². The van der Waals surface area contributed by atoms with Crippen LogP contribution in [0.3, 0.4) is 0 Å². The summed E-state index contributed by atoms with van der Waals surface area (Å²) in [5, 5.41) is 4.06. The summed E-state index contributed by atoms with van der Waals surface area (Å²) in [6.07, 6.45) is 3.52. The maximum absolute atomic E-state index is 12.6. The Morgan fingerprint density at radius 3 is 2.84 bits per heavy atom. The second kappa shape index (κ2) is 6.39. The standard InChI is InChI=1S/C19H17N3O3/c1-22(19(23)18-10-14-4-2-3-5-17(14)24-18)12-15-11-16(21-25-15)13-6-8-20-9-7-13/h2-9,11,18H,10,12H2,1H3/t18-/m0/s1. The first-order valence-electron chi connectivity index (χ1n) is 8.06. The first kappa shape index (κ1) is 15.4. The van der Waals surface area contributed by atoms with Gasteiger partial charge in [-0.1, -0.05) is 23.4 Å². The van der Waals surface area contributed by atoms with E-state index < -0.39 is 6.10 Å². The normalized spacial score (nSPS) is 15.5. The lowest BCUT2D eigenvalue weighted by atomic mass is 10.1. The summed E-state index contributed by atoms with van der Waals surface area (Å²) in [4.78, 5) is 18.2. The van der Waals surface area contributed by atoms with Crippen LogP contribution in [0.1, 0.15) is 11.3 Å². The molecule has 25 heavy (non-hydrogen) atoms. The third-order valence-electron chi connectivity index (χ3n) is 4.23. The fraction of sp³-hybridized carbons (Fsp3) is 0.211. The van der Waals surface area contributed by atoms with Crippen molar-refractivity contribution in [3.8, 4) is 17.0 Å². The molecule has 0 aliphatic carbocycles. The number of fused-ring (bicyclic) bond motifs is 1. The molecule has 0 unspecified atom stereocenters. The lowest BCUT2D eigenvalue weighted by Gasteiger charge is -2.19. The molecule has 0 saturated carbocycles. The van der Waals surface area contributed by atoms with Crippen molar-refractivity contribution in [3.05, 3.63) is 66.2 Å². The van der Waals surface area contributed by atoms with Crippen molar-refractivity contribution in [2.45, 2.75) is 19.1 Å². The van der Waals surface area contributed by atoms with Crippen LogP contribution in [-0.2, 0) is 17.8 Å². The van der Waals surface area contributed by atoms with Gasteiger partial charge in [0.2, 0.25) is 0 Å². The van der Waals surface area contributed by atoms with Gasteiger partial charge in [0.1, 0.15) is 11.4 Å². The van der Waals surface area contributed by atoms with Crippen LogP contribution in [-0.4, -0.2) is 34.1 Å². The Kier molecular flexibility index (Phi) is 3.93. The molecule has 0 radical (unpaired) electrons. The summed E-state index contributed by atoms with van der Waals surface area (Å²) in [5.74, 6) is 1.34. The van der Waals surface area contributed by atoms with Crippen LogP contribution < -0.4 is 4.74 Å². The van der Waals surface area contributed by atoms with Gasteiger partial charge in [-0.25, -0.2) is 0 Å². The van der Waals surface area contributed by atoms with E-state index in [9.17, 15) is 4.79 Å². The lowest BCUT2D eigenvalue weighted by molar-refractivity contribution is -0.137. The zero-order chi connectivity index (χ0) is 17.2. The maximum atomic E-state index is 12.6. The number of pyridine rings is 1. The van der Waals surface area contributed by atoms with Crippen LogP contribution in [0.25, 0.3) is 11.3 Å². The second-order valence-corrected chi connectivity index (χ2v) is 6.03. The number of rotatable bonds is 4. The molecule has 6 heteroatoms. The number of ether oxygens (including phenoxy) is 1. The summed E-state index contributed by atoms with van der Waals surface area (Å²) in [6.45, 7) is 0.340. The number of hydrogen-bond acceptors (Lipinski definition) is 5. The van der Waals surface area contributed by atoms with E-state index >= 15 is 0 Å². The minimum absolute atomic E-state index is 0.0712. The molecule has 1 aromatic carbocycles. The summed E-state index contributed by atoms with van der Waals surface area (Å²) in [5.41, 5.74) is 2.71. The monoisotopic (exact) mass is 335 g/mol. The number of benzene rings is 1. The average Bonchev–Trinajstić information content (AvgIpc) is 3.28. The van der Waals surface area contributed by atoms with Gasteiger partial charge < -0.3 is 14.2 Å². The number of carbonyl (C=O) groups excluding carboxylic acids is 1. The molecule has 3 aromatic rings. The minimum atomic E-state index is -0.481. The van der Waals surface area contributed by atoms with Crippen molar-refractivity contribution < 1.29 is 14.1 Å². The predicted molar refractivity (Wildman–Crippen MR) is 90.8 cm³/mol. The largest absolute Gasteiger partial charge is 0.480 e. The number of nitrogens with zero attached hydrogens (tertiary/aromatic N) is 3. The van der Waals surface area contributed by atoms with Gasteiger partial charge in [-0.2, -0.15) is 0 Å². The summed E-state index contributed by atoms with van der Waals surface area (Å²) < 4.78 is 11.1. The number of para-hydroxylation sites is 1. The van der Waals surface area contributed by atoms with Gasteiger partial charge in [0.15, 0.2) is 11.9 Å². The van der Waals surface area contributed by atoms with E-state index in [2.05, 4.69) is 10.1 Å². The Bertz CT molecular complexity index is 867. The number of likely N-dealkylation sites (N-methyl/N-ethyl adjacent to an activating group) is 1. The third kappa shape index (κ3) is 3.10. The Labute approximate surface area is 145 Å². The van der Waals surface area contributed by atoms with Crippen LogP contribution in [0, 0.1) is 0 Å². The Morgan fingerprint density at radius 1 is 1.24 bits per heavy atom. The molecule has 1 aliphatic heterocycles. The van der Waals surface area contributed by atoms with Crippen molar-refractivity contribution in [2.75, 3.05) is 7.05 Å². The molecule has 0 N–H and O–H groups in total. The molecule has 0 saturated heterocycles. The van der Waals surface area contributed by atoms with Crippen LogP contribution in [0.4, 0.5) is 0 Å². The van der Waals surface area contributed by atoms with Crippen molar-refractivity contribution in [3.63, 3.8) is 0 Å². The molecule has 1 aliphatic rings. The molecule has 0 bridgehead atoms. The van der Waals surface area contributed by atoms with E-state index in [4.69, 9.17) is 9.26 Å². The zero-order valence-corrected chi connectivity index (χ0v) is 13.8. The summed E-state index contributed by atoms with van der Waals surface area (Å²) >= 11 is 0. The van der Waals surface area contributed by atoms with Crippen molar-refractivity contribution in [1.82, 2.24) is 15.0 Å². The third-order valence-corrected chi connectivity index (χ3v) is 4.23. The minimum Gasteiger partial charge on any atom is -0.480 e. The first-order valence-corrected chi connectivity index (χ1v) is 8.06. The van der Waals surface area contributed by atoms with Crippen LogP contribution in [0.5, 0.6) is 5.75 Å². The van der Waals surface area contributed by atoms with E-state index in [0.29, 0.717) is 18.7 Å². The fourth-order valence-corrected chi connectivity index (χ4v) is 2.92. The fourth-order valence-electron chi connectivity index (χ4n) is 2.92. The van der Waals surface area contributed by atoms with E-state index in [1.807, 2.05) is 42.5 Å². The highest BCUT2D eigenvalue weighted by Gasteiger charge is 2.31. The Hall–Kier alpha value is -3.15. The molecular weight excluding hydrogens is 318 g/mol. The molecule has 2 aromatic heterocycles. The van der Waals surface area contributed by atoms with Crippen molar-refractivity contribution in [1.29, 1.82) is 0 Å². The van der Waals surface area contributed by atoms with Gasteiger partial charge in [-0.15, -0.1) is 0 Å². The van der Waals surface area contributed by atoms with E-state index in [0.717, 1.165) is 22.6 Å². The summed E-state index contributed by atoms with van der Waals surface area (Å²) in [7, 11) is 1.74. The van der Waals surface area contributed by atoms with Gasteiger partial charge >= 0.3 is 0 Å². The number of carbonyl (C=O) groups is 1. The topological polar surface area (TPSA) is 68.5 Å². The zero-order valence-electron chi connectivity index (χ0n) is 13.8. The predicted octanol–water partition coefficient (Wildman–Crippen LogP) is 2.70. The highest BCUT2D eigenvalue weighted by atomic mass is 16.5. The van der Waals surface area contributed by atoms with Crippen LogP contribution in [0.2, 0.25) is 0 Å². The molecule has 1 amide bonds. The number of aromatic nitrogens is 2. The number of hydrogen-bond donors (Lipinski definition) is 0. The molecule has 1 atom stereocenters. The molecule has 0 spiro atoms. The highest BCUT2D eigenvalue weighted by molar-refractivity contribution is 5.82. The molecular formula is C19H17N3O3. The van der Waals surface area contributed by atoms with Gasteiger partial charge in [-0.3, -0.25) is 9.78 Å². The Balaban J connectivity index is 1.42. The quantitative estimate of drug-likeness (QED) is 0.733. The van der Waals surface area contributed by atoms with Gasteiger partial charge in [0, 0.05) is 37.5 Å². The average molecular weight is 335 g/mol. The smallest absolute Gasteiger partial charge is 0.264 e. The lowest BCUT2D eigenvalue weighted by Crippen LogP contribution is -2.38. The Morgan fingerprint density at radius 2 is 2.04 bits per heavy atom. The van der Waals surface area contributed by atoms with E-state index in [1.54, 1.807) is 24.3 Å². The van der Waals surface area contributed by atoms with Gasteiger partial charge in [-0.05, 0) is 23.8 Å². The van der Waals surface area contributed by atoms with Gasteiger partial charge in [0.25, 0.3) is 5.91 Å². The molecule has 6 nitrogen and oxygen atoms in total. The highest BCUT2D eigenvalue weighted by Crippen LogP contribution is 2.29. The van der Waals surface area contributed by atoms with Gasteiger partial charge in [0.05, 0.1) is 6.54 Å². The van der Waals surface area contributed by atoms with Crippen molar-refractivity contribution in [2.24, 2.45) is 0 Å². The first-order chi connectivity index (χ1) is 12.2.